The van der Waals surface area contributed by atoms with E-state index in [1.165, 1.54) is 24.3 Å². The van der Waals surface area contributed by atoms with E-state index in [-0.39, 0.29) is 22.4 Å². The van der Waals surface area contributed by atoms with Crippen molar-refractivity contribution >= 4 is 40.7 Å². The van der Waals surface area contributed by atoms with Crippen molar-refractivity contribution in [2.24, 2.45) is 0 Å². The molecule has 0 spiro atoms. The van der Waals surface area contributed by atoms with Gasteiger partial charge in [0, 0.05) is 30.3 Å². The first kappa shape index (κ1) is 17.8. The Morgan fingerprint density at radius 2 is 1.92 bits per heavy atom. The molecule has 1 amide bonds. The minimum Gasteiger partial charge on any atom is -0.312 e. The van der Waals surface area contributed by atoms with Gasteiger partial charge in [-0.25, -0.2) is 0 Å². The quantitative estimate of drug-likeness (QED) is 0.340. The predicted molar refractivity (Wildman–Crippen MR) is 99.5 cm³/mol. The zero-order valence-electron chi connectivity index (χ0n) is 13.7. The topological polar surface area (TPSA) is 80.5 Å². The first-order valence-corrected chi connectivity index (χ1v) is 8.40. The van der Waals surface area contributed by atoms with E-state index in [1.807, 2.05) is 0 Å². The lowest BCUT2D eigenvalue weighted by Gasteiger charge is -2.15. The van der Waals surface area contributed by atoms with Crippen LogP contribution in [0.3, 0.4) is 0 Å². The molecule has 1 aliphatic rings. The summed E-state index contributed by atoms with van der Waals surface area (Å²) in [4.78, 5) is 35.9. The zero-order chi connectivity index (χ0) is 18.7. The van der Waals surface area contributed by atoms with Gasteiger partial charge in [0.2, 0.25) is 5.91 Å². The van der Waals surface area contributed by atoms with Crippen molar-refractivity contribution in [3.8, 4) is 0 Å². The summed E-state index contributed by atoms with van der Waals surface area (Å²) in [7, 11) is 0. The largest absolute Gasteiger partial charge is 0.312 e. The summed E-state index contributed by atoms with van der Waals surface area (Å²) in [5.74, 6) is -0.113. The minimum atomic E-state index is -0.562. The predicted octanol–water partition coefficient (Wildman–Crippen LogP) is 4.27. The van der Waals surface area contributed by atoms with E-state index in [0.29, 0.717) is 24.1 Å². The van der Waals surface area contributed by atoms with E-state index in [1.54, 1.807) is 35.2 Å². The van der Waals surface area contributed by atoms with E-state index in [2.05, 4.69) is 0 Å². The molecule has 132 valence electrons. The normalized spacial score (nSPS) is 14.2. The Balaban J connectivity index is 1.71. The van der Waals surface area contributed by atoms with Crippen LogP contribution in [0.4, 0.5) is 11.4 Å². The Morgan fingerprint density at radius 3 is 2.50 bits per heavy atom. The molecule has 0 aliphatic carbocycles. The smallest absolute Gasteiger partial charge is 0.287 e. The molecule has 0 aromatic heterocycles. The maximum Gasteiger partial charge on any atom is 0.287 e. The summed E-state index contributed by atoms with van der Waals surface area (Å²) in [6, 6.07) is 11.1. The molecule has 1 fully saturated rings. The number of hydrogen-bond donors (Lipinski definition) is 0. The fraction of sp³-hybridized carbons (Fsp3) is 0.158. The van der Waals surface area contributed by atoms with Crippen LogP contribution in [0.2, 0.25) is 5.02 Å². The highest BCUT2D eigenvalue weighted by Gasteiger charge is 2.21. The maximum atomic E-state index is 12.3. The lowest BCUT2D eigenvalue weighted by atomic mass is 10.1. The van der Waals surface area contributed by atoms with Crippen molar-refractivity contribution in [2.75, 3.05) is 11.4 Å². The second-order valence-electron chi connectivity index (χ2n) is 5.86. The number of ketones is 1. The molecule has 0 atom stereocenters. The summed E-state index contributed by atoms with van der Waals surface area (Å²) < 4.78 is 0. The molecule has 0 bridgehead atoms. The van der Waals surface area contributed by atoms with Crippen LogP contribution in [-0.4, -0.2) is 23.2 Å². The Kier molecular flexibility index (Phi) is 5.14. The number of hydrogen-bond acceptors (Lipinski definition) is 4. The summed E-state index contributed by atoms with van der Waals surface area (Å²) in [5, 5.41) is 10.8. The lowest BCUT2D eigenvalue weighted by molar-refractivity contribution is -0.384. The zero-order valence-corrected chi connectivity index (χ0v) is 14.5. The molecule has 2 aromatic rings. The highest BCUT2D eigenvalue weighted by Crippen LogP contribution is 2.26. The highest BCUT2D eigenvalue weighted by molar-refractivity contribution is 6.32. The molecule has 1 heterocycles. The van der Waals surface area contributed by atoms with Crippen molar-refractivity contribution in [3.63, 3.8) is 0 Å². The summed E-state index contributed by atoms with van der Waals surface area (Å²) >= 11 is 5.86. The van der Waals surface area contributed by atoms with Crippen LogP contribution in [0, 0.1) is 10.1 Å². The summed E-state index contributed by atoms with van der Waals surface area (Å²) in [5.41, 5.74) is 1.69. The Hall–Kier alpha value is -2.99. The van der Waals surface area contributed by atoms with Crippen LogP contribution in [0.25, 0.3) is 6.08 Å². The number of nitro groups is 1. The van der Waals surface area contributed by atoms with E-state index >= 15 is 0 Å². The van der Waals surface area contributed by atoms with Crippen LogP contribution >= 0.6 is 11.6 Å². The molecule has 2 aromatic carbocycles. The number of nitro benzene ring substituents is 1. The molecule has 7 heteroatoms. The van der Waals surface area contributed by atoms with Gasteiger partial charge in [-0.2, -0.15) is 0 Å². The third-order valence-electron chi connectivity index (χ3n) is 4.13. The Morgan fingerprint density at radius 1 is 1.19 bits per heavy atom. The maximum absolute atomic E-state index is 12.3. The number of benzene rings is 2. The molecular weight excluding hydrogens is 356 g/mol. The molecule has 1 saturated heterocycles. The molecule has 1 aliphatic heterocycles. The van der Waals surface area contributed by atoms with Gasteiger partial charge in [0.15, 0.2) is 5.78 Å². The van der Waals surface area contributed by atoms with Crippen LogP contribution in [-0.2, 0) is 4.79 Å². The average Bonchev–Trinajstić information content (AvgIpc) is 3.05. The number of carbonyl (C=O) groups excluding carboxylic acids is 2. The van der Waals surface area contributed by atoms with Gasteiger partial charge in [-0.3, -0.25) is 19.7 Å². The molecule has 0 unspecified atom stereocenters. The number of rotatable bonds is 5. The van der Waals surface area contributed by atoms with Gasteiger partial charge in [0.1, 0.15) is 5.02 Å². The lowest BCUT2D eigenvalue weighted by Crippen LogP contribution is -2.23. The Bertz CT molecular complexity index is 906. The van der Waals surface area contributed by atoms with Crippen LogP contribution in [0.15, 0.2) is 48.5 Å². The van der Waals surface area contributed by atoms with Crippen LogP contribution in [0.1, 0.15) is 28.8 Å². The van der Waals surface area contributed by atoms with Crippen LogP contribution in [0.5, 0.6) is 0 Å². The number of allylic oxidation sites excluding steroid dienone is 1. The van der Waals surface area contributed by atoms with Crippen molar-refractivity contribution in [1.82, 2.24) is 0 Å². The van der Waals surface area contributed by atoms with E-state index in [9.17, 15) is 19.7 Å². The van der Waals surface area contributed by atoms with Crippen LogP contribution < -0.4 is 4.90 Å². The first-order valence-electron chi connectivity index (χ1n) is 8.02. The summed E-state index contributed by atoms with van der Waals surface area (Å²) in [6.45, 7) is 0.701. The van der Waals surface area contributed by atoms with Gasteiger partial charge in [-0.05, 0) is 54.5 Å². The number of anilines is 1. The molecule has 26 heavy (non-hydrogen) atoms. The molecule has 0 radical (unpaired) electrons. The molecule has 3 rings (SSSR count). The van der Waals surface area contributed by atoms with Gasteiger partial charge in [-0.15, -0.1) is 0 Å². The number of amides is 1. The van der Waals surface area contributed by atoms with Gasteiger partial charge >= 0.3 is 0 Å². The van der Waals surface area contributed by atoms with Crippen molar-refractivity contribution in [2.45, 2.75) is 12.8 Å². The molecule has 0 N–H and O–H groups in total. The SMILES string of the molecule is O=C(C=Cc1ccc([N+](=O)[O-])c(Cl)c1)c1ccc(N2CCCC2=O)cc1. The number of carbonyl (C=O) groups is 2. The third kappa shape index (κ3) is 3.81. The number of halogens is 1. The van der Waals surface area contributed by atoms with Crippen molar-refractivity contribution in [1.29, 1.82) is 0 Å². The second-order valence-corrected chi connectivity index (χ2v) is 6.27. The second kappa shape index (κ2) is 7.49. The minimum absolute atomic E-state index is 0.0178. The monoisotopic (exact) mass is 370 g/mol. The molecule has 0 saturated carbocycles. The number of nitrogens with zero attached hydrogens (tertiary/aromatic N) is 2. The molecule has 6 nitrogen and oxygen atoms in total. The highest BCUT2D eigenvalue weighted by atomic mass is 35.5. The third-order valence-corrected chi connectivity index (χ3v) is 4.44. The van der Waals surface area contributed by atoms with Gasteiger partial charge < -0.3 is 4.90 Å². The fourth-order valence-electron chi connectivity index (χ4n) is 2.77. The van der Waals surface area contributed by atoms with Crippen molar-refractivity contribution in [3.05, 3.63) is 74.8 Å². The van der Waals surface area contributed by atoms with Crippen molar-refractivity contribution < 1.29 is 14.5 Å². The van der Waals surface area contributed by atoms with Gasteiger partial charge in [0.25, 0.3) is 5.69 Å². The Labute approximate surface area is 154 Å². The molecular formula is C19H15ClN2O4. The fourth-order valence-corrected chi connectivity index (χ4v) is 3.03. The average molecular weight is 371 g/mol. The van der Waals surface area contributed by atoms with E-state index in [4.69, 9.17) is 11.6 Å². The van der Waals surface area contributed by atoms with E-state index in [0.717, 1.165) is 12.1 Å². The van der Waals surface area contributed by atoms with Gasteiger partial charge in [0.05, 0.1) is 4.92 Å². The standard InChI is InChI=1S/C19H15ClN2O4/c20-16-12-13(3-9-17(16)22(25)26)4-10-18(23)14-5-7-15(8-6-14)21-11-1-2-19(21)24/h3-10,12H,1-2,11H2. The van der Waals surface area contributed by atoms with E-state index < -0.39 is 4.92 Å². The van der Waals surface area contributed by atoms with Gasteiger partial charge in [-0.1, -0.05) is 17.7 Å². The first-order chi connectivity index (χ1) is 12.5. The summed E-state index contributed by atoms with van der Waals surface area (Å²) in [6.07, 6.45) is 4.34.